The van der Waals surface area contributed by atoms with Crippen LogP contribution in [0.3, 0.4) is 0 Å². The average Bonchev–Trinajstić information content (AvgIpc) is 3.01. The molecule has 0 saturated carbocycles. The van der Waals surface area contributed by atoms with E-state index in [1.54, 1.807) is 22.6 Å². The first-order chi connectivity index (χ1) is 10.2. The van der Waals surface area contributed by atoms with Crippen molar-refractivity contribution in [2.45, 2.75) is 0 Å². The van der Waals surface area contributed by atoms with Crippen LogP contribution in [0.4, 0.5) is 0 Å². The summed E-state index contributed by atoms with van der Waals surface area (Å²) in [6, 6.07) is 7.12. The molecule has 1 N–H and O–H groups in total. The topological polar surface area (TPSA) is 58.8 Å². The van der Waals surface area contributed by atoms with Crippen LogP contribution in [0.2, 0.25) is 5.15 Å². The first-order valence-electron chi connectivity index (χ1n) is 5.86. The molecule has 0 radical (unpaired) electrons. The zero-order chi connectivity index (χ0) is 14.8. The molecule has 106 valence electrons. The van der Waals surface area contributed by atoms with Crippen molar-refractivity contribution in [3.05, 3.63) is 56.7 Å². The molecule has 8 heteroatoms. The Bertz CT molecular complexity index is 842. The predicted octanol–water partition coefficient (Wildman–Crippen LogP) is 3.58. The molecule has 0 unspecified atom stereocenters. The highest BCUT2D eigenvalue weighted by Crippen LogP contribution is 2.19. The van der Waals surface area contributed by atoms with E-state index in [0.717, 1.165) is 4.96 Å². The monoisotopic (exact) mass is 382 g/mol. The molecule has 2 heterocycles. The fraction of sp³-hybridized carbons (Fsp3) is 0. The number of benzene rings is 1. The Kier molecular flexibility index (Phi) is 4.05. The third-order valence-electron chi connectivity index (χ3n) is 2.73. The van der Waals surface area contributed by atoms with Gasteiger partial charge >= 0.3 is 0 Å². The maximum Gasteiger partial charge on any atom is 0.272 e. The lowest BCUT2D eigenvalue weighted by molar-refractivity contribution is 0.0954. The highest BCUT2D eigenvalue weighted by molar-refractivity contribution is 9.10. The number of hydrogen-bond donors (Lipinski definition) is 1. The van der Waals surface area contributed by atoms with Crippen LogP contribution in [0.5, 0.6) is 0 Å². The number of nitrogens with zero attached hydrogens (tertiary/aromatic N) is 3. The van der Waals surface area contributed by atoms with Crippen molar-refractivity contribution in [1.82, 2.24) is 14.8 Å². The molecule has 3 aromatic rings. The van der Waals surface area contributed by atoms with Crippen LogP contribution in [0.15, 0.2) is 45.4 Å². The van der Waals surface area contributed by atoms with Gasteiger partial charge in [0, 0.05) is 16.0 Å². The molecule has 0 fully saturated rings. The summed E-state index contributed by atoms with van der Waals surface area (Å²) >= 11 is 10.8. The summed E-state index contributed by atoms with van der Waals surface area (Å²) in [5.74, 6) is -0.305. The third kappa shape index (κ3) is 2.85. The quantitative estimate of drug-likeness (QED) is 0.555. The number of imidazole rings is 1. The molecular weight excluding hydrogens is 376 g/mol. The van der Waals surface area contributed by atoms with E-state index < -0.39 is 0 Å². The van der Waals surface area contributed by atoms with E-state index in [9.17, 15) is 4.79 Å². The van der Waals surface area contributed by atoms with Gasteiger partial charge in [-0.05, 0) is 28.1 Å². The van der Waals surface area contributed by atoms with Gasteiger partial charge < -0.3 is 0 Å². The van der Waals surface area contributed by atoms with Gasteiger partial charge in [0.1, 0.15) is 5.69 Å². The van der Waals surface area contributed by atoms with Crippen LogP contribution in [-0.4, -0.2) is 21.5 Å². The van der Waals surface area contributed by atoms with Crippen LogP contribution in [0.1, 0.15) is 16.1 Å². The highest BCUT2D eigenvalue weighted by Gasteiger charge is 2.10. The molecule has 0 bridgehead atoms. The summed E-state index contributed by atoms with van der Waals surface area (Å²) in [6.07, 6.45) is 3.32. The summed E-state index contributed by atoms with van der Waals surface area (Å²) in [4.78, 5) is 16.9. The number of hydrogen-bond acceptors (Lipinski definition) is 4. The number of nitrogens with one attached hydrogen (secondary N) is 1. The van der Waals surface area contributed by atoms with Gasteiger partial charge in [-0.2, -0.15) is 5.10 Å². The number of rotatable bonds is 3. The minimum atomic E-state index is -0.305. The van der Waals surface area contributed by atoms with Crippen molar-refractivity contribution in [2.75, 3.05) is 0 Å². The number of carbonyl (C=O) groups excluding carboxylic acids is 1. The molecule has 0 saturated heterocycles. The number of thiazole rings is 1. The van der Waals surface area contributed by atoms with Crippen molar-refractivity contribution in [1.29, 1.82) is 0 Å². The molecule has 2 aromatic heterocycles. The van der Waals surface area contributed by atoms with Crippen LogP contribution in [-0.2, 0) is 0 Å². The Morgan fingerprint density at radius 2 is 2.29 bits per heavy atom. The normalized spacial score (nSPS) is 11.3. The SMILES string of the molecule is O=C(N/N=C\c1c(Cl)nc2sccn12)c1ccccc1Br. The molecule has 0 aliphatic carbocycles. The van der Waals surface area contributed by atoms with Gasteiger partial charge in [0.2, 0.25) is 0 Å². The summed E-state index contributed by atoms with van der Waals surface area (Å²) in [7, 11) is 0. The van der Waals surface area contributed by atoms with Crippen molar-refractivity contribution >= 4 is 56.0 Å². The molecule has 0 aliphatic rings. The smallest absolute Gasteiger partial charge is 0.272 e. The van der Waals surface area contributed by atoms with E-state index in [0.29, 0.717) is 20.9 Å². The number of carbonyl (C=O) groups is 1. The Morgan fingerprint density at radius 1 is 1.48 bits per heavy atom. The minimum absolute atomic E-state index is 0.305. The Hall–Kier alpha value is -1.70. The van der Waals surface area contributed by atoms with Gasteiger partial charge in [-0.1, -0.05) is 23.7 Å². The first-order valence-corrected chi connectivity index (χ1v) is 7.91. The Balaban J connectivity index is 1.78. The van der Waals surface area contributed by atoms with Crippen molar-refractivity contribution in [3.63, 3.8) is 0 Å². The second-order valence-corrected chi connectivity index (χ2v) is 6.11. The van der Waals surface area contributed by atoms with Crippen molar-refractivity contribution < 1.29 is 4.79 Å². The third-order valence-corrected chi connectivity index (χ3v) is 4.45. The zero-order valence-corrected chi connectivity index (χ0v) is 13.6. The lowest BCUT2D eigenvalue weighted by Crippen LogP contribution is -2.18. The van der Waals surface area contributed by atoms with Crippen LogP contribution in [0, 0.1) is 0 Å². The fourth-order valence-corrected chi connectivity index (χ4v) is 3.21. The van der Waals surface area contributed by atoms with E-state index in [1.165, 1.54) is 17.6 Å². The zero-order valence-electron chi connectivity index (χ0n) is 10.5. The molecule has 0 aliphatic heterocycles. The van der Waals surface area contributed by atoms with E-state index in [-0.39, 0.29) is 5.91 Å². The number of fused-ring (bicyclic) bond motifs is 1. The van der Waals surface area contributed by atoms with Crippen LogP contribution in [0.25, 0.3) is 4.96 Å². The number of halogens is 2. The molecule has 1 amide bonds. The molecular formula is C13H8BrClN4OS. The van der Waals surface area contributed by atoms with Crippen LogP contribution < -0.4 is 5.43 Å². The molecule has 0 spiro atoms. The summed E-state index contributed by atoms with van der Waals surface area (Å²) in [5, 5.41) is 6.18. The largest absolute Gasteiger partial charge is 0.288 e. The van der Waals surface area contributed by atoms with Gasteiger partial charge in [-0.25, -0.2) is 10.4 Å². The average molecular weight is 384 g/mol. The first kappa shape index (κ1) is 14.2. The summed E-state index contributed by atoms with van der Waals surface area (Å²) < 4.78 is 2.52. The minimum Gasteiger partial charge on any atom is -0.288 e. The predicted molar refractivity (Wildman–Crippen MR) is 87.3 cm³/mol. The van der Waals surface area contributed by atoms with E-state index in [1.807, 2.05) is 17.6 Å². The summed E-state index contributed by atoms with van der Waals surface area (Å²) in [5.41, 5.74) is 3.60. The maximum atomic E-state index is 12.0. The number of amides is 1. The number of hydrazone groups is 1. The molecule has 5 nitrogen and oxygen atoms in total. The van der Waals surface area contributed by atoms with Gasteiger partial charge in [0.25, 0.3) is 5.91 Å². The van der Waals surface area contributed by atoms with Crippen LogP contribution >= 0.6 is 38.9 Å². The Morgan fingerprint density at radius 3 is 3.10 bits per heavy atom. The van der Waals surface area contributed by atoms with Gasteiger partial charge in [0.15, 0.2) is 10.1 Å². The fourth-order valence-electron chi connectivity index (χ4n) is 1.75. The molecule has 21 heavy (non-hydrogen) atoms. The molecule has 0 atom stereocenters. The number of aromatic nitrogens is 2. The lowest BCUT2D eigenvalue weighted by atomic mass is 10.2. The van der Waals surface area contributed by atoms with E-state index in [4.69, 9.17) is 11.6 Å². The van der Waals surface area contributed by atoms with Crippen molar-refractivity contribution in [2.24, 2.45) is 5.10 Å². The maximum absolute atomic E-state index is 12.0. The second-order valence-electron chi connectivity index (χ2n) is 4.02. The van der Waals surface area contributed by atoms with Gasteiger partial charge in [-0.3, -0.25) is 9.20 Å². The standard InChI is InChI=1S/C13H8BrClN4OS/c14-9-4-2-1-3-8(9)12(20)18-16-7-10-11(15)17-13-19(10)5-6-21-13/h1-7H,(H,18,20)/b16-7-. The second kappa shape index (κ2) is 5.97. The van der Waals surface area contributed by atoms with Crippen molar-refractivity contribution in [3.8, 4) is 0 Å². The van der Waals surface area contributed by atoms with E-state index in [2.05, 4.69) is 31.4 Å². The highest BCUT2D eigenvalue weighted by atomic mass is 79.9. The van der Waals surface area contributed by atoms with Gasteiger partial charge in [0.05, 0.1) is 11.8 Å². The van der Waals surface area contributed by atoms with E-state index >= 15 is 0 Å². The molecule has 1 aromatic carbocycles. The Labute approximate surface area is 137 Å². The molecule has 3 rings (SSSR count). The van der Waals surface area contributed by atoms with Gasteiger partial charge in [-0.15, -0.1) is 11.3 Å². The lowest BCUT2D eigenvalue weighted by Gasteiger charge is -2.01. The summed E-state index contributed by atoms with van der Waals surface area (Å²) in [6.45, 7) is 0.